The SMILES string of the molecule is O=C(O)C(Nc1ccc(Br)cc1)c1cc(F)c(F)c(F)c1. The Kier molecular flexibility index (Phi) is 4.52. The Balaban J connectivity index is 2.35. The van der Waals surface area contributed by atoms with Crippen molar-refractivity contribution in [2.24, 2.45) is 0 Å². The number of carbonyl (C=O) groups is 1. The molecule has 0 heterocycles. The van der Waals surface area contributed by atoms with Gasteiger partial charge >= 0.3 is 5.97 Å². The molecule has 3 nitrogen and oxygen atoms in total. The van der Waals surface area contributed by atoms with Crippen molar-refractivity contribution >= 4 is 27.6 Å². The van der Waals surface area contributed by atoms with Gasteiger partial charge in [0.25, 0.3) is 0 Å². The standard InChI is InChI=1S/C14H9BrF3NO2/c15-8-1-3-9(4-2-8)19-13(14(20)21)7-5-10(16)12(18)11(17)6-7/h1-6,13,19H,(H,20,21). The largest absolute Gasteiger partial charge is 0.479 e. The highest BCUT2D eigenvalue weighted by molar-refractivity contribution is 9.10. The van der Waals surface area contributed by atoms with Crippen molar-refractivity contribution in [1.82, 2.24) is 0 Å². The Morgan fingerprint density at radius 3 is 2.10 bits per heavy atom. The molecule has 0 spiro atoms. The molecule has 0 amide bonds. The number of hydrogen-bond donors (Lipinski definition) is 2. The van der Waals surface area contributed by atoms with Crippen LogP contribution in [0.5, 0.6) is 0 Å². The number of carboxylic acid groups (broad SMARTS) is 1. The number of rotatable bonds is 4. The van der Waals surface area contributed by atoms with Crippen LogP contribution in [0.15, 0.2) is 40.9 Å². The molecule has 0 fully saturated rings. The van der Waals surface area contributed by atoms with Gasteiger partial charge in [-0.25, -0.2) is 18.0 Å². The van der Waals surface area contributed by atoms with Gasteiger partial charge in [0.05, 0.1) is 0 Å². The first-order valence-corrected chi connectivity index (χ1v) is 6.57. The average Bonchev–Trinajstić information content (AvgIpc) is 2.43. The molecule has 1 unspecified atom stereocenters. The van der Waals surface area contributed by atoms with Crippen molar-refractivity contribution < 1.29 is 23.1 Å². The fourth-order valence-corrected chi connectivity index (χ4v) is 2.01. The molecule has 0 aromatic heterocycles. The smallest absolute Gasteiger partial charge is 0.330 e. The molecule has 2 aromatic rings. The zero-order valence-electron chi connectivity index (χ0n) is 10.4. The van der Waals surface area contributed by atoms with E-state index >= 15 is 0 Å². The van der Waals surface area contributed by atoms with Gasteiger partial charge in [0, 0.05) is 10.2 Å². The van der Waals surface area contributed by atoms with Crippen molar-refractivity contribution in [3.05, 3.63) is 63.9 Å². The van der Waals surface area contributed by atoms with Gasteiger partial charge in [0.2, 0.25) is 0 Å². The maximum Gasteiger partial charge on any atom is 0.330 e. The van der Waals surface area contributed by atoms with Gasteiger partial charge in [-0.2, -0.15) is 0 Å². The third-order valence-electron chi connectivity index (χ3n) is 2.74. The van der Waals surface area contributed by atoms with E-state index < -0.39 is 29.5 Å². The molecule has 21 heavy (non-hydrogen) atoms. The van der Waals surface area contributed by atoms with Crippen LogP contribution in [0.1, 0.15) is 11.6 Å². The van der Waals surface area contributed by atoms with Crippen LogP contribution < -0.4 is 5.32 Å². The quantitative estimate of drug-likeness (QED) is 0.807. The number of hydrogen-bond acceptors (Lipinski definition) is 2. The Morgan fingerprint density at radius 1 is 1.10 bits per heavy atom. The Hall–Kier alpha value is -2.02. The summed E-state index contributed by atoms with van der Waals surface area (Å²) in [6, 6.07) is 6.44. The van der Waals surface area contributed by atoms with Crippen LogP contribution in [0, 0.1) is 17.5 Å². The van der Waals surface area contributed by atoms with E-state index in [0.717, 1.165) is 4.47 Å². The lowest BCUT2D eigenvalue weighted by Gasteiger charge is -2.16. The van der Waals surface area contributed by atoms with Gasteiger partial charge in [0.1, 0.15) is 0 Å². The number of aliphatic carboxylic acids is 1. The second-order valence-electron chi connectivity index (χ2n) is 4.22. The minimum Gasteiger partial charge on any atom is -0.479 e. The Morgan fingerprint density at radius 2 is 1.62 bits per heavy atom. The molecule has 2 N–H and O–H groups in total. The molecule has 1 atom stereocenters. The summed E-state index contributed by atoms with van der Waals surface area (Å²) in [7, 11) is 0. The molecule has 0 aliphatic rings. The van der Waals surface area contributed by atoms with E-state index in [1.54, 1.807) is 24.3 Å². The number of halogens is 4. The Bertz CT molecular complexity index is 653. The molecule has 2 rings (SSSR count). The highest BCUT2D eigenvalue weighted by Gasteiger charge is 2.23. The minimum atomic E-state index is -1.63. The van der Waals surface area contributed by atoms with E-state index in [2.05, 4.69) is 21.2 Å². The van der Waals surface area contributed by atoms with Gasteiger partial charge in [-0.3, -0.25) is 0 Å². The summed E-state index contributed by atoms with van der Waals surface area (Å²) in [5.41, 5.74) is 0.220. The molecule has 0 aliphatic carbocycles. The van der Waals surface area contributed by atoms with E-state index in [9.17, 15) is 23.1 Å². The predicted molar refractivity (Wildman–Crippen MR) is 74.5 cm³/mol. The molecule has 0 saturated heterocycles. The molecule has 0 saturated carbocycles. The van der Waals surface area contributed by atoms with Gasteiger partial charge in [-0.05, 0) is 42.0 Å². The molecule has 0 aliphatic heterocycles. The Labute approximate surface area is 126 Å². The van der Waals surface area contributed by atoms with Gasteiger partial charge < -0.3 is 10.4 Å². The first-order chi connectivity index (χ1) is 9.88. The van der Waals surface area contributed by atoms with Crippen LogP contribution >= 0.6 is 15.9 Å². The molecular formula is C14H9BrF3NO2. The number of nitrogens with one attached hydrogen (secondary N) is 1. The second kappa shape index (κ2) is 6.17. The van der Waals surface area contributed by atoms with Crippen molar-refractivity contribution in [1.29, 1.82) is 0 Å². The maximum atomic E-state index is 13.2. The molecule has 7 heteroatoms. The number of carboxylic acids is 1. The number of anilines is 1. The van der Waals surface area contributed by atoms with E-state index in [0.29, 0.717) is 17.8 Å². The molecule has 2 aromatic carbocycles. The van der Waals surface area contributed by atoms with Gasteiger partial charge in [-0.15, -0.1) is 0 Å². The highest BCUT2D eigenvalue weighted by atomic mass is 79.9. The van der Waals surface area contributed by atoms with Crippen LogP contribution in [-0.4, -0.2) is 11.1 Å². The molecule has 0 radical (unpaired) electrons. The summed E-state index contributed by atoms with van der Waals surface area (Å²) in [6.07, 6.45) is 0. The lowest BCUT2D eigenvalue weighted by atomic mass is 10.1. The summed E-state index contributed by atoms with van der Waals surface area (Å²) in [6.45, 7) is 0. The first kappa shape index (κ1) is 15.4. The maximum absolute atomic E-state index is 13.2. The van der Waals surface area contributed by atoms with Crippen molar-refractivity contribution in [2.45, 2.75) is 6.04 Å². The normalized spacial score (nSPS) is 12.0. The molecule has 110 valence electrons. The fraction of sp³-hybridized carbons (Fsp3) is 0.0714. The van der Waals surface area contributed by atoms with E-state index in [1.165, 1.54) is 0 Å². The summed E-state index contributed by atoms with van der Waals surface area (Å²) < 4.78 is 40.1. The van der Waals surface area contributed by atoms with Crippen molar-refractivity contribution in [2.75, 3.05) is 5.32 Å². The average molecular weight is 360 g/mol. The number of benzene rings is 2. The predicted octanol–water partition coefficient (Wildman–Crippen LogP) is 4.10. The zero-order chi connectivity index (χ0) is 15.6. The van der Waals surface area contributed by atoms with Gasteiger partial charge in [0.15, 0.2) is 23.5 Å². The van der Waals surface area contributed by atoms with Crippen molar-refractivity contribution in [3.63, 3.8) is 0 Å². The molecule has 0 bridgehead atoms. The third-order valence-corrected chi connectivity index (χ3v) is 3.27. The van der Waals surface area contributed by atoms with Crippen LogP contribution in [0.25, 0.3) is 0 Å². The zero-order valence-corrected chi connectivity index (χ0v) is 12.0. The fourth-order valence-electron chi connectivity index (χ4n) is 1.74. The van der Waals surface area contributed by atoms with Crippen LogP contribution in [0.2, 0.25) is 0 Å². The second-order valence-corrected chi connectivity index (χ2v) is 5.14. The van der Waals surface area contributed by atoms with Crippen LogP contribution in [0.4, 0.5) is 18.9 Å². The summed E-state index contributed by atoms with van der Waals surface area (Å²) in [5, 5.41) is 11.8. The van der Waals surface area contributed by atoms with Crippen LogP contribution in [0.3, 0.4) is 0 Å². The van der Waals surface area contributed by atoms with Crippen molar-refractivity contribution in [3.8, 4) is 0 Å². The summed E-state index contributed by atoms with van der Waals surface area (Å²) in [4.78, 5) is 11.3. The van der Waals surface area contributed by atoms with E-state index in [1.807, 2.05) is 0 Å². The third kappa shape index (κ3) is 3.55. The summed E-state index contributed by atoms with van der Waals surface area (Å²) >= 11 is 3.23. The highest BCUT2D eigenvalue weighted by Crippen LogP contribution is 2.24. The monoisotopic (exact) mass is 359 g/mol. The molecular weight excluding hydrogens is 351 g/mol. The topological polar surface area (TPSA) is 49.3 Å². The van der Waals surface area contributed by atoms with Gasteiger partial charge in [-0.1, -0.05) is 15.9 Å². The first-order valence-electron chi connectivity index (χ1n) is 5.78. The summed E-state index contributed by atoms with van der Waals surface area (Å²) in [5.74, 6) is -5.85. The minimum absolute atomic E-state index is 0.221. The van der Waals surface area contributed by atoms with E-state index in [-0.39, 0.29) is 5.56 Å². The lowest BCUT2D eigenvalue weighted by Crippen LogP contribution is -2.21. The van der Waals surface area contributed by atoms with E-state index in [4.69, 9.17) is 0 Å². The lowest BCUT2D eigenvalue weighted by molar-refractivity contribution is -0.138. The van der Waals surface area contributed by atoms with Crippen LogP contribution in [-0.2, 0) is 4.79 Å².